The van der Waals surface area contributed by atoms with Gasteiger partial charge in [0.1, 0.15) is 12.3 Å². The summed E-state index contributed by atoms with van der Waals surface area (Å²) in [4.78, 5) is 0. The van der Waals surface area contributed by atoms with Crippen LogP contribution in [-0.2, 0) is 6.54 Å². The zero-order chi connectivity index (χ0) is 13.4. The fourth-order valence-corrected chi connectivity index (χ4v) is 2.11. The van der Waals surface area contributed by atoms with Crippen LogP contribution in [0.2, 0.25) is 0 Å². The summed E-state index contributed by atoms with van der Waals surface area (Å²) in [5.74, 6) is 1.31. The molecule has 0 aliphatic carbocycles. The van der Waals surface area contributed by atoms with Crippen LogP contribution in [0.4, 0.5) is 0 Å². The Hall–Kier alpha value is -1.03. The summed E-state index contributed by atoms with van der Waals surface area (Å²) >= 11 is 0. The molecule has 1 aromatic heterocycles. The Labute approximate surface area is 110 Å². The third kappa shape index (κ3) is 4.02. The largest absolute Gasteiger partial charge is 0.488 e. The topological polar surface area (TPSA) is 47.3 Å². The number of ether oxygens (including phenoxy) is 1. The minimum atomic E-state index is 0.0441. The van der Waals surface area contributed by atoms with Gasteiger partial charge in [-0.15, -0.1) is 0 Å². The lowest BCUT2D eigenvalue weighted by molar-refractivity contribution is 0.199. The Balaban J connectivity index is 2.84. The average Bonchev–Trinajstić information content (AvgIpc) is 2.80. The molecule has 0 saturated carbocycles. The van der Waals surface area contributed by atoms with Crippen molar-refractivity contribution in [1.82, 2.24) is 9.78 Å². The van der Waals surface area contributed by atoms with Gasteiger partial charge in [-0.2, -0.15) is 5.10 Å². The van der Waals surface area contributed by atoms with Gasteiger partial charge in [0, 0.05) is 12.5 Å². The first kappa shape index (κ1) is 15.0. The number of aliphatic hydroxyl groups excluding tert-OH is 1. The molecule has 0 amide bonds. The minimum Gasteiger partial charge on any atom is -0.488 e. The van der Waals surface area contributed by atoms with Crippen molar-refractivity contribution in [3.63, 3.8) is 0 Å². The second-order valence-electron chi connectivity index (χ2n) is 4.55. The van der Waals surface area contributed by atoms with Gasteiger partial charge in [0.25, 0.3) is 0 Å². The van der Waals surface area contributed by atoms with Gasteiger partial charge in [0.05, 0.1) is 12.8 Å². The van der Waals surface area contributed by atoms with Crippen molar-refractivity contribution in [2.45, 2.75) is 58.9 Å². The molecule has 1 heterocycles. The molecule has 4 heteroatoms. The van der Waals surface area contributed by atoms with E-state index in [1.807, 2.05) is 10.9 Å². The Morgan fingerprint density at radius 3 is 2.72 bits per heavy atom. The lowest BCUT2D eigenvalue weighted by Gasteiger charge is -2.13. The predicted octanol–water partition coefficient (Wildman–Crippen LogP) is 2.96. The number of unbranched alkanes of at least 4 members (excludes halogenated alkanes) is 1. The molecule has 0 aliphatic rings. The molecular formula is C14H26N2O2. The molecule has 0 fully saturated rings. The number of rotatable bonds is 9. The van der Waals surface area contributed by atoms with E-state index in [1.165, 1.54) is 12.8 Å². The highest BCUT2D eigenvalue weighted by atomic mass is 16.5. The normalized spacial score (nSPS) is 12.7. The summed E-state index contributed by atoms with van der Waals surface area (Å²) in [6, 6.07) is 0. The van der Waals surface area contributed by atoms with E-state index in [0.717, 1.165) is 30.8 Å². The highest BCUT2D eigenvalue weighted by Gasteiger charge is 2.18. The smallest absolute Gasteiger partial charge is 0.160 e. The first-order chi connectivity index (χ1) is 8.76. The molecule has 1 rings (SSSR count). The van der Waals surface area contributed by atoms with Gasteiger partial charge in [0.2, 0.25) is 0 Å². The number of aliphatic hydroxyl groups is 1. The Bertz CT molecular complexity index is 337. The zero-order valence-corrected chi connectivity index (χ0v) is 11.9. The summed E-state index contributed by atoms with van der Waals surface area (Å²) in [5, 5.41) is 13.5. The fraction of sp³-hybridized carbons (Fsp3) is 0.786. The molecular weight excluding hydrogens is 228 g/mol. The van der Waals surface area contributed by atoms with E-state index < -0.39 is 0 Å². The molecule has 1 atom stereocenters. The predicted molar refractivity (Wildman–Crippen MR) is 73.0 cm³/mol. The Morgan fingerprint density at radius 1 is 1.39 bits per heavy atom. The molecule has 1 unspecified atom stereocenters. The maximum absolute atomic E-state index is 8.87. The van der Waals surface area contributed by atoms with Crippen molar-refractivity contribution in [3.8, 4) is 5.75 Å². The fourth-order valence-electron chi connectivity index (χ4n) is 2.11. The molecule has 0 radical (unpaired) electrons. The van der Waals surface area contributed by atoms with Crippen molar-refractivity contribution in [3.05, 3.63) is 11.9 Å². The molecule has 1 aromatic rings. The molecule has 0 saturated heterocycles. The van der Waals surface area contributed by atoms with E-state index in [-0.39, 0.29) is 6.61 Å². The zero-order valence-electron chi connectivity index (χ0n) is 11.9. The third-order valence-corrected chi connectivity index (χ3v) is 3.21. The van der Waals surface area contributed by atoms with Crippen molar-refractivity contribution in [2.75, 3.05) is 13.2 Å². The number of hydrogen-bond acceptors (Lipinski definition) is 3. The molecule has 0 aromatic carbocycles. The van der Waals surface area contributed by atoms with Gasteiger partial charge in [-0.1, -0.05) is 26.7 Å². The van der Waals surface area contributed by atoms with Crippen LogP contribution in [0.1, 0.15) is 58.1 Å². The van der Waals surface area contributed by atoms with E-state index in [1.54, 1.807) is 0 Å². The average molecular weight is 254 g/mol. The van der Waals surface area contributed by atoms with Crippen LogP contribution in [0, 0.1) is 0 Å². The maximum Gasteiger partial charge on any atom is 0.160 e. The van der Waals surface area contributed by atoms with Crippen LogP contribution in [0.15, 0.2) is 6.20 Å². The number of aryl methyl sites for hydroxylation is 1. The summed E-state index contributed by atoms with van der Waals surface area (Å²) in [7, 11) is 0. The lowest BCUT2D eigenvalue weighted by Crippen LogP contribution is -2.06. The summed E-state index contributed by atoms with van der Waals surface area (Å²) in [6.07, 6.45) is 6.60. The molecule has 0 bridgehead atoms. The Morgan fingerprint density at radius 2 is 2.17 bits per heavy atom. The first-order valence-corrected chi connectivity index (χ1v) is 7.07. The molecule has 104 valence electrons. The molecule has 0 spiro atoms. The second-order valence-corrected chi connectivity index (χ2v) is 4.55. The van der Waals surface area contributed by atoms with E-state index in [9.17, 15) is 0 Å². The summed E-state index contributed by atoms with van der Waals surface area (Å²) < 4.78 is 7.51. The molecule has 18 heavy (non-hydrogen) atoms. The van der Waals surface area contributed by atoms with Crippen molar-refractivity contribution >= 4 is 0 Å². The lowest BCUT2D eigenvalue weighted by atomic mass is 9.95. The quantitative estimate of drug-likeness (QED) is 0.737. The van der Waals surface area contributed by atoms with Gasteiger partial charge in [-0.05, 0) is 19.8 Å². The van der Waals surface area contributed by atoms with Gasteiger partial charge < -0.3 is 9.84 Å². The van der Waals surface area contributed by atoms with Crippen LogP contribution in [-0.4, -0.2) is 28.1 Å². The van der Waals surface area contributed by atoms with Gasteiger partial charge >= 0.3 is 0 Å². The van der Waals surface area contributed by atoms with Gasteiger partial charge in [0.15, 0.2) is 5.75 Å². The standard InChI is InChI=1S/C14H26N2O2/c1-4-7-8-12(5-2)14-13(18-10-9-17)11-16(6-3)15-14/h11-12,17H,4-10H2,1-3H3. The SMILES string of the molecule is CCCCC(CC)c1nn(CC)cc1OCCO. The number of hydrogen-bond donors (Lipinski definition) is 1. The molecule has 1 N–H and O–H groups in total. The van der Waals surface area contributed by atoms with Crippen molar-refractivity contribution in [2.24, 2.45) is 0 Å². The van der Waals surface area contributed by atoms with E-state index >= 15 is 0 Å². The number of aromatic nitrogens is 2. The van der Waals surface area contributed by atoms with Crippen molar-refractivity contribution < 1.29 is 9.84 Å². The summed E-state index contributed by atoms with van der Waals surface area (Å²) in [5.41, 5.74) is 1.06. The first-order valence-electron chi connectivity index (χ1n) is 7.07. The van der Waals surface area contributed by atoms with Crippen LogP contribution in [0.5, 0.6) is 5.75 Å². The third-order valence-electron chi connectivity index (χ3n) is 3.21. The molecule has 0 aliphatic heterocycles. The summed E-state index contributed by atoms with van der Waals surface area (Å²) in [6.45, 7) is 7.70. The van der Waals surface area contributed by atoms with Gasteiger partial charge in [-0.25, -0.2) is 0 Å². The van der Waals surface area contributed by atoms with Crippen LogP contribution >= 0.6 is 0 Å². The monoisotopic (exact) mass is 254 g/mol. The van der Waals surface area contributed by atoms with E-state index in [0.29, 0.717) is 12.5 Å². The van der Waals surface area contributed by atoms with Gasteiger partial charge in [-0.3, -0.25) is 4.68 Å². The van der Waals surface area contributed by atoms with E-state index in [2.05, 4.69) is 25.9 Å². The molecule has 4 nitrogen and oxygen atoms in total. The van der Waals surface area contributed by atoms with Crippen LogP contribution in [0.25, 0.3) is 0 Å². The highest BCUT2D eigenvalue weighted by molar-refractivity contribution is 5.28. The van der Waals surface area contributed by atoms with Crippen LogP contribution < -0.4 is 4.74 Å². The van der Waals surface area contributed by atoms with Crippen LogP contribution in [0.3, 0.4) is 0 Å². The number of nitrogens with zero attached hydrogens (tertiary/aromatic N) is 2. The minimum absolute atomic E-state index is 0.0441. The Kier molecular flexibility index (Phi) is 6.80. The maximum atomic E-state index is 8.87. The van der Waals surface area contributed by atoms with Crippen molar-refractivity contribution in [1.29, 1.82) is 0 Å². The highest BCUT2D eigenvalue weighted by Crippen LogP contribution is 2.31. The second kappa shape index (κ2) is 8.14. The van der Waals surface area contributed by atoms with E-state index in [4.69, 9.17) is 9.84 Å².